The van der Waals surface area contributed by atoms with Gasteiger partial charge in [0.15, 0.2) is 0 Å². The second-order valence-corrected chi connectivity index (χ2v) is 5.78. The van der Waals surface area contributed by atoms with Crippen LogP contribution in [-0.4, -0.2) is 37.0 Å². The molecule has 2 N–H and O–H groups in total. The molecule has 1 amide bonds. The molecular formula is C17H18ClN3O. The van der Waals surface area contributed by atoms with Gasteiger partial charge < -0.3 is 15.5 Å². The Morgan fingerprint density at radius 2 is 1.68 bits per heavy atom. The van der Waals surface area contributed by atoms with Gasteiger partial charge in [-0.3, -0.25) is 4.79 Å². The van der Waals surface area contributed by atoms with Crippen molar-refractivity contribution in [2.24, 2.45) is 0 Å². The largest absolute Gasteiger partial charge is 0.398 e. The Balaban J connectivity index is 1.67. The maximum absolute atomic E-state index is 12.6. The minimum Gasteiger partial charge on any atom is -0.398 e. The molecule has 1 aliphatic heterocycles. The molecule has 114 valence electrons. The van der Waals surface area contributed by atoms with Crippen LogP contribution in [0.1, 0.15) is 10.4 Å². The second kappa shape index (κ2) is 6.28. The molecule has 0 spiro atoms. The van der Waals surface area contributed by atoms with E-state index in [4.69, 9.17) is 17.3 Å². The Morgan fingerprint density at radius 1 is 1.00 bits per heavy atom. The highest BCUT2D eigenvalue weighted by molar-refractivity contribution is 6.31. The molecule has 2 aromatic rings. The lowest BCUT2D eigenvalue weighted by molar-refractivity contribution is 0.0748. The summed E-state index contributed by atoms with van der Waals surface area (Å²) < 4.78 is 0. The molecule has 0 aliphatic carbocycles. The smallest absolute Gasteiger partial charge is 0.256 e. The number of nitrogen functional groups attached to an aromatic ring is 1. The van der Waals surface area contributed by atoms with Gasteiger partial charge >= 0.3 is 0 Å². The summed E-state index contributed by atoms with van der Waals surface area (Å²) in [4.78, 5) is 16.7. The lowest BCUT2D eigenvalue weighted by Gasteiger charge is -2.36. The fourth-order valence-electron chi connectivity index (χ4n) is 2.71. The van der Waals surface area contributed by atoms with Gasteiger partial charge in [-0.15, -0.1) is 0 Å². The van der Waals surface area contributed by atoms with Crippen molar-refractivity contribution in [2.45, 2.75) is 0 Å². The number of amides is 1. The van der Waals surface area contributed by atoms with E-state index >= 15 is 0 Å². The highest BCUT2D eigenvalue weighted by Crippen LogP contribution is 2.21. The van der Waals surface area contributed by atoms with E-state index < -0.39 is 0 Å². The van der Waals surface area contributed by atoms with Crippen LogP contribution in [0.5, 0.6) is 0 Å². The van der Waals surface area contributed by atoms with Crippen molar-refractivity contribution in [1.29, 1.82) is 0 Å². The summed E-state index contributed by atoms with van der Waals surface area (Å²) in [6.45, 7) is 3.03. The second-order valence-electron chi connectivity index (χ2n) is 5.35. The molecule has 0 unspecified atom stereocenters. The monoisotopic (exact) mass is 315 g/mol. The zero-order chi connectivity index (χ0) is 15.5. The van der Waals surface area contributed by atoms with Gasteiger partial charge in [0, 0.05) is 42.6 Å². The van der Waals surface area contributed by atoms with Gasteiger partial charge in [-0.25, -0.2) is 0 Å². The van der Waals surface area contributed by atoms with Crippen molar-refractivity contribution >= 4 is 28.9 Å². The molecule has 1 aliphatic rings. The van der Waals surface area contributed by atoms with E-state index in [2.05, 4.69) is 17.0 Å². The topological polar surface area (TPSA) is 49.6 Å². The first-order valence-corrected chi connectivity index (χ1v) is 7.67. The molecule has 0 atom stereocenters. The summed E-state index contributed by atoms with van der Waals surface area (Å²) in [6, 6.07) is 15.3. The first-order chi connectivity index (χ1) is 10.6. The lowest BCUT2D eigenvalue weighted by Crippen LogP contribution is -2.48. The van der Waals surface area contributed by atoms with E-state index in [0.717, 1.165) is 13.1 Å². The Kier molecular flexibility index (Phi) is 4.20. The zero-order valence-electron chi connectivity index (χ0n) is 12.2. The summed E-state index contributed by atoms with van der Waals surface area (Å²) >= 11 is 5.88. The van der Waals surface area contributed by atoms with E-state index in [1.54, 1.807) is 18.2 Å². The van der Waals surface area contributed by atoms with Crippen molar-refractivity contribution < 1.29 is 4.79 Å². The van der Waals surface area contributed by atoms with E-state index in [-0.39, 0.29) is 5.91 Å². The average Bonchev–Trinajstić information content (AvgIpc) is 2.55. The van der Waals surface area contributed by atoms with Crippen molar-refractivity contribution in [3.63, 3.8) is 0 Å². The van der Waals surface area contributed by atoms with Crippen LogP contribution >= 0.6 is 11.6 Å². The first kappa shape index (κ1) is 14.7. The van der Waals surface area contributed by atoms with Crippen LogP contribution in [0.15, 0.2) is 48.5 Å². The van der Waals surface area contributed by atoms with Crippen LogP contribution in [0.3, 0.4) is 0 Å². The maximum atomic E-state index is 12.6. The number of piperazine rings is 1. The van der Waals surface area contributed by atoms with Crippen LogP contribution < -0.4 is 10.6 Å². The molecule has 3 rings (SSSR count). The number of carbonyl (C=O) groups excluding carboxylic acids is 1. The molecule has 0 radical (unpaired) electrons. The predicted molar refractivity (Wildman–Crippen MR) is 90.4 cm³/mol. The maximum Gasteiger partial charge on any atom is 0.256 e. The highest BCUT2D eigenvalue weighted by Gasteiger charge is 2.23. The van der Waals surface area contributed by atoms with Gasteiger partial charge in [-0.05, 0) is 30.3 Å². The highest BCUT2D eigenvalue weighted by atomic mass is 35.5. The molecular weight excluding hydrogens is 298 g/mol. The predicted octanol–water partition coefficient (Wildman–Crippen LogP) is 2.88. The van der Waals surface area contributed by atoms with Gasteiger partial charge in [0.05, 0.1) is 5.56 Å². The number of hydrogen-bond acceptors (Lipinski definition) is 3. The number of nitrogens with zero attached hydrogens (tertiary/aromatic N) is 2. The van der Waals surface area contributed by atoms with Gasteiger partial charge in [0.25, 0.3) is 5.91 Å². The quantitative estimate of drug-likeness (QED) is 0.867. The Bertz CT molecular complexity index is 667. The van der Waals surface area contributed by atoms with Crippen LogP contribution in [0, 0.1) is 0 Å². The summed E-state index contributed by atoms with van der Waals surface area (Å²) in [5.74, 6) is -0.0260. The number of halogens is 1. The third kappa shape index (κ3) is 3.02. The summed E-state index contributed by atoms with van der Waals surface area (Å²) in [5, 5.41) is 0.544. The number of benzene rings is 2. The molecule has 22 heavy (non-hydrogen) atoms. The number of para-hydroxylation sites is 1. The van der Waals surface area contributed by atoms with E-state index in [9.17, 15) is 4.79 Å². The number of rotatable bonds is 2. The molecule has 2 aromatic carbocycles. The van der Waals surface area contributed by atoms with Crippen molar-refractivity contribution in [3.05, 3.63) is 59.1 Å². The third-order valence-electron chi connectivity index (χ3n) is 3.93. The van der Waals surface area contributed by atoms with E-state index in [1.165, 1.54) is 5.69 Å². The minimum absolute atomic E-state index is 0.0260. The van der Waals surface area contributed by atoms with Gasteiger partial charge in [-0.2, -0.15) is 0 Å². The number of anilines is 2. The van der Waals surface area contributed by atoms with E-state index in [0.29, 0.717) is 29.4 Å². The van der Waals surface area contributed by atoms with Crippen molar-refractivity contribution in [2.75, 3.05) is 36.8 Å². The molecule has 4 nitrogen and oxygen atoms in total. The number of carbonyl (C=O) groups is 1. The average molecular weight is 316 g/mol. The number of hydrogen-bond donors (Lipinski definition) is 1. The molecule has 0 aromatic heterocycles. The van der Waals surface area contributed by atoms with Gasteiger partial charge in [-0.1, -0.05) is 29.8 Å². The van der Waals surface area contributed by atoms with Gasteiger partial charge in [0.2, 0.25) is 0 Å². The van der Waals surface area contributed by atoms with Crippen molar-refractivity contribution in [1.82, 2.24) is 4.90 Å². The zero-order valence-corrected chi connectivity index (χ0v) is 13.0. The summed E-state index contributed by atoms with van der Waals surface area (Å²) in [6.07, 6.45) is 0. The molecule has 0 bridgehead atoms. The Morgan fingerprint density at radius 3 is 2.32 bits per heavy atom. The minimum atomic E-state index is -0.0260. The summed E-state index contributed by atoms with van der Waals surface area (Å²) in [7, 11) is 0. The van der Waals surface area contributed by atoms with Crippen LogP contribution in [-0.2, 0) is 0 Å². The number of nitrogens with two attached hydrogens (primary N) is 1. The molecule has 1 saturated heterocycles. The van der Waals surface area contributed by atoms with Gasteiger partial charge in [0.1, 0.15) is 0 Å². The molecule has 1 fully saturated rings. The Hall–Kier alpha value is -2.20. The molecule has 5 heteroatoms. The molecule has 0 saturated carbocycles. The third-order valence-corrected chi connectivity index (χ3v) is 4.17. The first-order valence-electron chi connectivity index (χ1n) is 7.29. The van der Waals surface area contributed by atoms with Crippen LogP contribution in [0.25, 0.3) is 0 Å². The van der Waals surface area contributed by atoms with Crippen molar-refractivity contribution in [3.8, 4) is 0 Å². The summed E-state index contributed by atoms with van der Waals surface area (Å²) in [5.41, 5.74) is 8.06. The fourth-order valence-corrected chi connectivity index (χ4v) is 2.89. The SMILES string of the molecule is Nc1cc(Cl)ccc1C(=O)N1CCN(c2ccccc2)CC1. The molecule has 1 heterocycles. The Labute approximate surface area is 135 Å². The van der Waals surface area contributed by atoms with Crippen LogP contribution in [0.4, 0.5) is 11.4 Å². The normalized spacial score (nSPS) is 15.0. The van der Waals surface area contributed by atoms with Crippen LogP contribution in [0.2, 0.25) is 5.02 Å². The lowest BCUT2D eigenvalue weighted by atomic mass is 10.1. The van der Waals surface area contributed by atoms with E-state index in [1.807, 2.05) is 23.1 Å². The standard InChI is InChI=1S/C17H18ClN3O/c18-13-6-7-15(16(19)12-13)17(22)21-10-8-20(9-11-21)14-4-2-1-3-5-14/h1-7,12H,8-11,19H2. The fraction of sp³-hybridized carbons (Fsp3) is 0.235.